The van der Waals surface area contributed by atoms with Gasteiger partial charge in [-0.3, -0.25) is 0 Å². The Morgan fingerprint density at radius 1 is 1.28 bits per heavy atom. The van der Waals surface area contributed by atoms with Gasteiger partial charge in [0, 0.05) is 5.56 Å². The standard InChI is InChI=1S/C15H23NO2/c1-17-14-8-7-12-6-5-11(4-3-9-16)10-13(12)15(14)18-2/h7-8,11H,3-6,9-10,16H2,1-2H3/t11-/m1/s1. The molecule has 0 saturated heterocycles. The van der Waals surface area contributed by atoms with Gasteiger partial charge in [-0.15, -0.1) is 0 Å². The van der Waals surface area contributed by atoms with Crippen LogP contribution in [0.1, 0.15) is 30.4 Å². The Hall–Kier alpha value is -1.22. The highest BCUT2D eigenvalue weighted by atomic mass is 16.5. The first-order chi connectivity index (χ1) is 8.80. The molecule has 3 nitrogen and oxygen atoms in total. The molecule has 1 aromatic carbocycles. The van der Waals surface area contributed by atoms with E-state index in [0.717, 1.165) is 43.2 Å². The Labute approximate surface area is 109 Å². The summed E-state index contributed by atoms with van der Waals surface area (Å²) in [6.45, 7) is 0.790. The topological polar surface area (TPSA) is 44.5 Å². The van der Waals surface area contributed by atoms with Crippen LogP contribution < -0.4 is 15.2 Å². The van der Waals surface area contributed by atoms with Crippen molar-refractivity contribution in [3.05, 3.63) is 23.3 Å². The van der Waals surface area contributed by atoms with Crippen LogP contribution in [0, 0.1) is 5.92 Å². The van der Waals surface area contributed by atoms with E-state index < -0.39 is 0 Å². The van der Waals surface area contributed by atoms with E-state index in [-0.39, 0.29) is 0 Å². The first-order valence-corrected chi connectivity index (χ1v) is 6.73. The molecule has 0 spiro atoms. The van der Waals surface area contributed by atoms with Crippen molar-refractivity contribution in [3.63, 3.8) is 0 Å². The average Bonchev–Trinajstić information content (AvgIpc) is 2.43. The predicted molar refractivity (Wildman–Crippen MR) is 73.3 cm³/mol. The summed E-state index contributed by atoms with van der Waals surface area (Å²) >= 11 is 0. The van der Waals surface area contributed by atoms with Crippen molar-refractivity contribution >= 4 is 0 Å². The van der Waals surface area contributed by atoms with Crippen LogP contribution in [0.2, 0.25) is 0 Å². The minimum Gasteiger partial charge on any atom is -0.493 e. The lowest BCUT2D eigenvalue weighted by Gasteiger charge is -2.27. The van der Waals surface area contributed by atoms with Crippen LogP contribution in [0.4, 0.5) is 0 Å². The van der Waals surface area contributed by atoms with Gasteiger partial charge in [0.05, 0.1) is 14.2 Å². The summed E-state index contributed by atoms with van der Waals surface area (Å²) in [6.07, 6.45) is 5.84. The maximum Gasteiger partial charge on any atom is 0.164 e. The summed E-state index contributed by atoms with van der Waals surface area (Å²) in [5.74, 6) is 2.50. The molecular formula is C15H23NO2. The molecule has 0 radical (unpaired) electrons. The maximum atomic E-state index is 5.60. The molecule has 3 heteroatoms. The van der Waals surface area contributed by atoms with Crippen LogP contribution in [0.5, 0.6) is 11.5 Å². The molecule has 1 aromatic rings. The Morgan fingerprint density at radius 2 is 2.11 bits per heavy atom. The summed E-state index contributed by atoms with van der Waals surface area (Å²) in [7, 11) is 3.42. The molecule has 2 N–H and O–H groups in total. The summed E-state index contributed by atoms with van der Waals surface area (Å²) in [5, 5.41) is 0. The Bertz CT molecular complexity index is 404. The van der Waals surface area contributed by atoms with Crippen LogP contribution >= 0.6 is 0 Å². The van der Waals surface area contributed by atoms with Crippen molar-refractivity contribution in [2.75, 3.05) is 20.8 Å². The lowest BCUT2D eigenvalue weighted by molar-refractivity contribution is 0.340. The van der Waals surface area contributed by atoms with E-state index in [1.807, 2.05) is 6.07 Å². The van der Waals surface area contributed by atoms with Crippen molar-refractivity contribution < 1.29 is 9.47 Å². The van der Waals surface area contributed by atoms with E-state index in [2.05, 4.69) is 6.07 Å². The van der Waals surface area contributed by atoms with Crippen molar-refractivity contribution in [1.29, 1.82) is 0 Å². The number of aryl methyl sites for hydroxylation is 1. The fourth-order valence-electron chi connectivity index (χ4n) is 2.89. The maximum absolute atomic E-state index is 5.60. The van der Waals surface area contributed by atoms with Crippen molar-refractivity contribution in [1.82, 2.24) is 0 Å². The highest BCUT2D eigenvalue weighted by Crippen LogP contribution is 2.39. The van der Waals surface area contributed by atoms with Gasteiger partial charge in [-0.25, -0.2) is 0 Å². The van der Waals surface area contributed by atoms with E-state index in [1.54, 1.807) is 14.2 Å². The van der Waals surface area contributed by atoms with Gasteiger partial charge in [0.2, 0.25) is 0 Å². The van der Waals surface area contributed by atoms with Gasteiger partial charge in [0.15, 0.2) is 11.5 Å². The molecule has 0 amide bonds. The minimum absolute atomic E-state index is 0.738. The molecule has 0 aromatic heterocycles. The molecule has 1 aliphatic rings. The van der Waals surface area contributed by atoms with Gasteiger partial charge in [-0.05, 0) is 56.2 Å². The first-order valence-electron chi connectivity index (χ1n) is 6.73. The molecule has 0 bridgehead atoms. The quantitative estimate of drug-likeness (QED) is 0.872. The van der Waals surface area contributed by atoms with E-state index in [9.17, 15) is 0 Å². The Morgan fingerprint density at radius 3 is 2.78 bits per heavy atom. The van der Waals surface area contributed by atoms with Crippen LogP contribution in [0.25, 0.3) is 0 Å². The second kappa shape index (κ2) is 6.10. The predicted octanol–water partition coefficient (Wildman–Crippen LogP) is 2.55. The second-order valence-electron chi connectivity index (χ2n) is 4.98. The lowest BCUT2D eigenvalue weighted by atomic mass is 9.81. The van der Waals surface area contributed by atoms with Crippen LogP contribution in [0.15, 0.2) is 12.1 Å². The van der Waals surface area contributed by atoms with E-state index >= 15 is 0 Å². The van der Waals surface area contributed by atoms with Gasteiger partial charge in [-0.2, -0.15) is 0 Å². The fourth-order valence-corrected chi connectivity index (χ4v) is 2.89. The molecule has 100 valence electrons. The average molecular weight is 249 g/mol. The zero-order valence-corrected chi connectivity index (χ0v) is 11.4. The molecule has 0 unspecified atom stereocenters. The fraction of sp³-hybridized carbons (Fsp3) is 0.600. The lowest BCUT2D eigenvalue weighted by Crippen LogP contribution is -2.16. The molecule has 0 fully saturated rings. The number of hydrogen-bond acceptors (Lipinski definition) is 3. The smallest absolute Gasteiger partial charge is 0.164 e. The third-order valence-electron chi connectivity index (χ3n) is 3.88. The monoisotopic (exact) mass is 249 g/mol. The van der Waals surface area contributed by atoms with Crippen molar-refractivity contribution in [2.45, 2.75) is 32.1 Å². The van der Waals surface area contributed by atoms with E-state index in [4.69, 9.17) is 15.2 Å². The molecule has 18 heavy (non-hydrogen) atoms. The Kier molecular flexibility index (Phi) is 4.48. The normalized spacial score (nSPS) is 18.3. The minimum atomic E-state index is 0.738. The number of ether oxygens (including phenoxy) is 2. The van der Waals surface area contributed by atoms with Gasteiger partial charge < -0.3 is 15.2 Å². The van der Waals surface area contributed by atoms with Crippen molar-refractivity contribution in [3.8, 4) is 11.5 Å². The molecule has 2 rings (SSSR count). The molecule has 0 aliphatic heterocycles. The molecular weight excluding hydrogens is 226 g/mol. The van der Waals surface area contributed by atoms with Gasteiger partial charge in [0.25, 0.3) is 0 Å². The van der Waals surface area contributed by atoms with Crippen LogP contribution in [0.3, 0.4) is 0 Å². The summed E-state index contributed by atoms with van der Waals surface area (Å²) < 4.78 is 10.9. The highest BCUT2D eigenvalue weighted by Gasteiger charge is 2.23. The van der Waals surface area contributed by atoms with E-state index in [1.165, 1.54) is 24.0 Å². The largest absolute Gasteiger partial charge is 0.493 e. The molecule has 0 heterocycles. The molecule has 0 saturated carbocycles. The highest BCUT2D eigenvalue weighted by molar-refractivity contribution is 5.51. The molecule has 1 aliphatic carbocycles. The Balaban J connectivity index is 2.22. The van der Waals surface area contributed by atoms with Gasteiger partial charge in [0.1, 0.15) is 0 Å². The third kappa shape index (κ3) is 2.61. The second-order valence-corrected chi connectivity index (χ2v) is 4.98. The number of rotatable bonds is 5. The zero-order chi connectivity index (χ0) is 13.0. The number of hydrogen-bond donors (Lipinski definition) is 1. The first kappa shape index (κ1) is 13.2. The summed E-state index contributed by atoms with van der Waals surface area (Å²) in [6, 6.07) is 4.19. The zero-order valence-electron chi connectivity index (χ0n) is 11.4. The summed E-state index contributed by atoms with van der Waals surface area (Å²) in [5.41, 5.74) is 8.35. The number of methoxy groups -OCH3 is 2. The van der Waals surface area contributed by atoms with Crippen molar-refractivity contribution in [2.24, 2.45) is 11.7 Å². The molecule has 1 atom stereocenters. The van der Waals surface area contributed by atoms with Crippen LogP contribution in [-0.4, -0.2) is 20.8 Å². The number of benzene rings is 1. The number of fused-ring (bicyclic) bond motifs is 1. The summed E-state index contributed by atoms with van der Waals surface area (Å²) in [4.78, 5) is 0. The third-order valence-corrected chi connectivity index (χ3v) is 3.88. The van der Waals surface area contributed by atoms with E-state index in [0.29, 0.717) is 0 Å². The van der Waals surface area contributed by atoms with Gasteiger partial charge >= 0.3 is 0 Å². The van der Waals surface area contributed by atoms with Gasteiger partial charge in [-0.1, -0.05) is 6.07 Å². The SMILES string of the molecule is COc1ccc2c(c1OC)C[C@H](CCCN)CC2. The number of nitrogens with two attached hydrogens (primary N) is 1. The van der Waals surface area contributed by atoms with Crippen LogP contribution in [-0.2, 0) is 12.8 Å².